The van der Waals surface area contributed by atoms with Crippen molar-refractivity contribution in [3.8, 4) is 11.5 Å². The summed E-state index contributed by atoms with van der Waals surface area (Å²) in [5, 5.41) is 4.05. The predicted molar refractivity (Wildman–Crippen MR) is 105 cm³/mol. The Morgan fingerprint density at radius 2 is 1.73 bits per heavy atom. The summed E-state index contributed by atoms with van der Waals surface area (Å²) in [5.74, 6) is 2.34. The van der Waals surface area contributed by atoms with E-state index in [1.54, 1.807) is 13.4 Å². The molecule has 6 heteroatoms. The van der Waals surface area contributed by atoms with Gasteiger partial charge in [0.05, 0.1) is 19.9 Å². The smallest absolute Gasteiger partial charge is 0.161 e. The molecule has 1 aromatic heterocycles. The van der Waals surface area contributed by atoms with Crippen molar-refractivity contribution in [2.45, 2.75) is 19.7 Å². The van der Waals surface area contributed by atoms with Crippen molar-refractivity contribution >= 4 is 24.0 Å². The SMILES string of the molecule is COc1cc(CNCc2ccco2)ccc1OCc1ccc(Cl)cc1.Cl. The Bertz CT molecular complexity index is 789. The Morgan fingerprint density at radius 3 is 2.42 bits per heavy atom. The highest BCUT2D eigenvalue weighted by atomic mass is 35.5. The standard InChI is InChI=1S/C20H20ClNO3.ClH/c1-23-20-11-16(12-22-13-18-3-2-10-24-18)6-9-19(20)25-14-15-4-7-17(21)8-5-15;/h2-11,22H,12-14H2,1H3;1H. The van der Waals surface area contributed by atoms with Gasteiger partial charge in [0.25, 0.3) is 0 Å². The molecule has 0 aliphatic rings. The van der Waals surface area contributed by atoms with Crippen LogP contribution in [0.3, 0.4) is 0 Å². The van der Waals surface area contributed by atoms with Crippen LogP contribution in [-0.4, -0.2) is 7.11 Å². The zero-order valence-electron chi connectivity index (χ0n) is 14.4. The first-order valence-electron chi connectivity index (χ1n) is 8.02. The molecule has 0 bridgehead atoms. The van der Waals surface area contributed by atoms with E-state index in [9.17, 15) is 0 Å². The molecule has 4 nitrogen and oxygen atoms in total. The van der Waals surface area contributed by atoms with Gasteiger partial charge in [0.1, 0.15) is 12.4 Å². The molecule has 1 heterocycles. The Kier molecular flexibility index (Phi) is 7.85. The maximum Gasteiger partial charge on any atom is 0.161 e. The summed E-state index contributed by atoms with van der Waals surface area (Å²) < 4.78 is 16.6. The van der Waals surface area contributed by atoms with Gasteiger partial charge in [-0.3, -0.25) is 0 Å². The third-order valence-electron chi connectivity index (χ3n) is 3.74. The number of rotatable bonds is 8. The summed E-state index contributed by atoms with van der Waals surface area (Å²) in [7, 11) is 1.64. The molecule has 0 amide bonds. The van der Waals surface area contributed by atoms with Crippen LogP contribution in [0.15, 0.2) is 65.3 Å². The van der Waals surface area contributed by atoms with Gasteiger partial charge >= 0.3 is 0 Å². The molecule has 0 aliphatic heterocycles. The summed E-state index contributed by atoms with van der Waals surface area (Å²) in [6, 6.07) is 17.4. The average molecular weight is 394 g/mol. The van der Waals surface area contributed by atoms with Crippen molar-refractivity contribution in [2.24, 2.45) is 0 Å². The fourth-order valence-corrected chi connectivity index (χ4v) is 2.55. The minimum atomic E-state index is 0. The van der Waals surface area contributed by atoms with E-state index in [4.69, 9.17) is 25.5 Å². The molecule has 0 aliphatic carbocycles. The lowest BCUT2D eigenvalue weighted by molar-refractivity contribution is 0.284. The number of ether oxygens (including phenoxy) is 2. The van der Waals surface area contributed by atoms with Crippen molar-refractivity contribution in [3.05, 3.63) is 82.8 Å². The van der Waals surface area contributed by atoms with Crippen molar-refractivity contribution < 1.29 is 13.9 Å². The molecule has 138 valence electrons. The molecule has 2 aromatic carbocycles. The van der Waals surface area contributed by atoms with Crippen molar-refractivity contribution in [1.29, 1.82) is 0 Å². The molecular formula is C20H21Cl2NO3. The van der Waals surface area contributed by atoms with Crippen LogP contribution < -0.4 is 14.8 Å². The molecule has 0 atom stereocenters. The van der Waals surface area contributed by atoms with E-state index in [1.807, 2.05) is 54.6 Å². The molecule has 0 unspecified atom stereocenters. The van der Waals surface area contributed by atoms with Crippen molar-refractivity contribution in [1.82, 2.24) is 5.32 Å². The summed E-state index contributed by atoms with van der Waals surface area (Å²) in [4.78, 5) is 0. The van der Waals surface area contributed by atoms with Gasteiger partial charge in [0.2, 0.25) is 0 Å². The first-order chi connectivity index (χ1) is 12.2. The van der Waals surface area contributed by atoms with Crippen molar-refractivity contribution in [3.63, 3.8) is 0 Å². The Labute approximate surface area is 164 Å². The normalized spacial score (nSPS) is 10.2. The van der Waals surface area contributed by atoms with Crippen LogP contribution in [0.2, 0.25) is 5.02 Å². The van der Waals surface area contributed by atoms with Crippen LogP contribution in [0, 0.1) is 0 Å². The maximum atomic E-state index is 5.90. The van der Waals surface area contributed by atoms with E-state index in [0.717, 1.165) is 16.9 Å². The van der Waals surface area contributed by atoms with Gasteiger partial charge in [-0.2, -0.15) is 0 Å². The monoisotopic (exact) mass is 393 g/mol. The molecule has 3 rings (SSSR count). The lowest BCUT2D eigenvalue weighted by Crippen LogP contribution is -2.12. The van der Waals surface area contributed by atoms with E-state index in [-0.39, 0.29) is 12.4 Å². The topological polar surface area (TPSA) is 43.6 Å². The lowest BCUT2D eigenvalue weighted by atomic mass is 10.2. The van der Waals surface area contributed by atoms with Crippen LogP contribution in [0.25, 0.3) is 0 Å². The molecular weight excluding hydrogens is 373 g/mol. The van der Waals surface area contributed by atoms with Gasteiger partial charge in [-0.25, -0.2) is 0 Å². The zero-order valence-corrected chi connectivity index (χ0v) is 16.0. The first-order valence-corrected chi connectivity index (χ1v) is 8.39. The quantitative estimate of drug-likeness (QED) is 0.568. The minimum Gasteiger partial charge on any atom is -0.493 e. The fourth-order valence-electron chi connectivity index (χ4n) is 2.43. The molecule has 1 N–H and O–H groups in total. The molecule has 3 aromatic rings. The number of halogens is 2. The molecule has 0 fully saturated rings. The second-order valence-corrected chi connectivity index (χ2v) is 6.02. The Balaban J connectivity index is 0.00000243. The molecule has 0 saturated carbocycles. The van der Waals surface area contributed by atoms with E-state index in [2.05, 4.69) is 5.32 Å². The van der Waals surface area contributed by atoms with Gasteiger partial charge in [-0.15, -0.1) is 12.4 Å². The summed E-state index contributed by atoms with van der Waals surface area (Å²) in [5.41, 5.74) is 2.16. The van der Waals surface area contributed by atoms with Gasteiger partial charge in [-0.05, 0) is 47.5 Å². The first kappa shape index (κ1) is 20.2. The number of methoxy groups -OCH3 is 1. The minimum absolute atomic E-state index is 0. The van der Waals surface area contributed by atoms with E-state index >= 15 is 0 Å². The van der Waals surface area contributed by atoms with E-state index in [1.165, 1.54) is 0 Å². The summed E-state index contributed by atoms with van der Waals surface area (Å²) >= 11 is 5.90. The highest BCUT2D eigenvalue weighted by Gasteiger charge is 2.07. The van der Waals surface area contributed by atoms with Gasteiger partial charge in [-0.1, -0.05) is 29.8 Å². The number of hydrogen-bond acceptors (Lipinski definition) is 4. The Morgan fingerprint density at radius 1 is 0.962 bits per heavy atom. The van der Waals surface area contributed by atoms with E-state index < -0.39 is 0 Å². The second kappa shape index (κ2) is 10.1. The summed E-state index contributed by atoms with van der Waals surface area (Å²) in [6.45, 7) is 1.86. The maximum absolute atomic E-state index is 5.90. The van der Waals surface area contributed by atoms with Crippen LogP contribution in [0.1, 0.15) is 16.9 Å². The predicted octanol–water partition coefficient (Wildman–Crippen LogP) is 5.23. The highest BCUT2D eigenvalue weighted by Crippen LogP contribution is 2.29. The van der Waals surface area contributed by atoms with Crippen LogP contribution in [0.5, 0.6) is 11.5 Å². The summed E-state index contributed by atoms with van der Waals surface area (Å²) in [6.07, 6.45) is 1.67. The second-order valence-electron chi connectivity index (χ2n) is 5.58. The molecule has 0 saturated heterocycles. The van der Waals surface area contributed by atoms with Gasteiger partial charge in [0, 0.05) is 11.6 Å². The largest absolute Gasteiger partial charge is 0.493 e. The number of nitrogens with one attached hydrogen (secondary N) is 1. The number of hydrogen-bond donors (Lipinski definition) is 1. The average Bonchev–Trinajstić information content (AvgIpc) is 3.15. The van der Waals surface area contributed by atoms with Crippen LogP contribution in [0.4, 0.5) is 0 Å². The third-order valence-corrected chi connectivity index (χ3v) is 4.00. The Hall–Kier alpha value is -2.14. The van der Waals surface area contributed by atoms with Gasteiger partial charge < -0.3 is 19.2 Å². The third kappa shape index (κ3) is 5.70. The lowest BCUT2D eigenvalue weighted by Gasteiger charge is -2.13. The van der Waals surface area contributed by atoms with Crippen LogP contribution >= 0.6 is 24.0 Å². The number of benzene rings is 2. The molecule has 0 spiro atoms. The molecule has 0 radical (unpaired) electrons. The molecule has 26 heavy (non-hydrogen) atoms. The fraction of sp³-hybridized carbons (Fsp3) is 0.200. The van der Waals surface area contributed by atoms with Crippen molar-refractivity contribution in [2.75, 3.05) is 7.11 Å². The van der Waals surface area contributed by atoms with Gasteiger partial charge in [0.15, 0.2) is 11.5 Å². The zero-order chi connectivity index (χ0) is 17.5. The van der Waals surface area contributed by atoms with E-state index in [0.29, 0.717) is 36.2 Å². The highest BCUT2D eigenvalue weighted by molar-refractivity contribution is 6.30. The van der Waals surface area contributed by atoms with Crippen LogP contribution in [-0.2, 0) is 19.7 Å². The number of furan rings is 1.